The lowest BCUT2D eigenvalue weighted by Gasteiger charge is -2.12. The van der Waals surface area contributed by atoms with Gasteiger partial charge in [0.05, 0.1) is 18.8 Å². The number of hydrogen-bond donors (Lipinski definition) is 2. The fourth-order valence-electron chi connectivity index (χ4n) is 3.08. The van der Waals surface area contributed by atoms with Crippen LogP contribution in [-0.4, -0.2) is 26.4 Å². The van der Waals surface area contributed by atoms with Crippen LogP contribution in [-0.2, 0) is 17.9 Å². The van der Waals surface area contributed by atoms with Gasteiger partial charge in [0.1, 0.15) is 0 Å². The van der Waals surface area contributed by atoms with Crippen LogP contribution < -0.4 is 10.6 Å². The highest BCUT2D eigenvalue weighted by Crippen LogP contribution is 2.21. The fraction of sp³-hybridized carbons (Fsp3) is 0.125. The summed E-state index contributed by atoms with van der Waals surface area (Å²) >= 11 is 7.34. The number of anilines is 2. The predicted octanol–water partition coefficient (Wildman–Crippen LogP) is 5.32. The molecule has 0 spiro atoms. The van der Waals surface area contributed by atoms with E-state index in [1.54, 1.807) is 0 Å². The third kappa shape index (κ3) is 6.12. The van der Waals surface area contributed by atoms with Crippen LogP contribution in [0.1, 0.15) is 11.4 Å². The Bertz CT molecular complexity index is 1150. The van der Waals surface area contributed by atoms with Gasteiger partial charge in [-0.15, -0.1) is 10.2 Å². The van der Waals surface area contributed by atoms with Crippen molar-refractivity contribution in [3.8, 4) is 0 Å². The van der Waals surface area contributed by atoms with Gasteiger partial charge in [0.15, 0.2) is 11.0 Å². The lowest BCUT2D eigenvalue weighted by Crippen LogP contribution is -2.15. The highest BCUT2D eigenvalue weighted by Gasteiger charge is 2.15. The van der Waals surface area contributed by atoms with Gasteiger partial charge in [0.25, 0.3) is 0 Å². The molecule has 6 nitrogen and oxygen atoms in total. The predicted molar refractivity (Wildman–Crippen MR) is 130 cm³/mol. The Morgan fingerprint density at radius 3 is 2.28 bits per heavy atom. The molecule has 4 aromatic rings. The van der Waals surface area contributed by atoms with Gasteiger partial charge in [0, 0.05) is 16.4 Å². The molecule has 0 fully saturated rings. The van der Waals surface area contributed by atoms with Crippen molar-refractivity contribution in [1.82, 2.24) is 14.8 Å². The molecule has 0 saturated carbocycles. The van der Waals surface area contributed by atoms with Gasteiger partial charge in [-0.2, -0.15) is 0 Å². The van der Waals surface area contributed by atoms with E-state index in [1.165, 1.54) is 11.8 Å². The molecule has 0 aliphatic rings. The number of thioether (sulfide) groups is 1. The number of rotatable bonds is 9. The number of amides is 1. The topological polar surface area (TPSA) is 71.8 Å². The van der Waals surface area contributed by atoms with Crippen molar-refractivity contribution in [3.05, 3.63) is 101 Å². The first kappa shape index (κ1) is 21.9. The smallest absolute Gasteiger partial charge is 0.234 e. The van der Waals surface area contributed by atoms with Crippen LogP contribution in [0.2, 0.25) is 5.02 Å². The van der Waals surface area contributed by atoms with Gasteiger partial charge in [-0.1, -0.05) is 71.9 Å². The Hall–Kier alpha value is -3.29. The van der Waals surface area contributed by atoms with E-state index in [1.807, 2.05) is 77.4 Å². The summed E-state index contributed by atoms with van der Waals surface area (Å²) in [6.07, 6.45) is 0. The van der Waals surface area contributed by atoms with Crippen molar-refractivity contribution in [2.24, 2.45) is 0 Å². The number of nitrogens with one attached hydrogen (secondary N) is 2. The third-order valence-corrected chi connectivity index (χ3v) is 5.88. The van der Waals surface area contributed by atoms with Gasteiger partial charge in [-0.25, -0.2) is 0 Å². The van der Waals surface area contributed by atoms with Crippen molar-refractivity contribution < 1.29 is 4.79 Å². The minimum Gasteiger partial charge on any atom is -0.378 e. The maximum absolute atomic E-state index is 12.4. The molecule has 1 amide bonds. The SMILES string of the molecule is O=C(CSc1nnc(CNc2ccc(Cl)cc2)n1Cc1ccccc1)Nc1ccccc1. The Balaban J connectivity index is 1.46. The van der Waals surface area contributed by atoms with E-state index in [2.05, 4.69) is 33.0 Å². The third-order valence-electron chi connectivity index (χ3n) is 4.66. The zero-order valence-electron chi connectivity index (χ0n) is 17.2. The lowest BCUT2D eigenvalue weighted by molar-refractivity contribution is -0.113. The number of halogens is 1. The Morgan fingerprint density at radius 1 is 0.875 bits per heavy atom. The molecule has 0 unspecified atom stereocenters. The zero-order valence-corrected chi connectivity index (χ0v) is 18.8. The second-order valence-electron chi connectivity index (χ2n) is 7.03. The van der Waals surface area contributed by atoms with E-state index in [9.17, 15) is 4.79 Å². The molecule has 0 aliphatic heterocycles. The number of para-hydroxylation sites is 1. The number of benzene rings is 3. The van der Waals surface area contributed by atoms with Gasteiger partial charge in [0.2, 0.25) is 5.91 Å². The van der Waals surface area contributed by atoms with Crippen LogP contribution in [0.5, 0.6) is 0 Å². The van der Waals surface area contributed by atoms with Crippen molar-refractivity contribution in [2.75, 3.05) is 16.4 Å². The number of hydrogen-bond acceptors (Lipinski definition) is 5. The molecule has 162 valence electrons. The summed E-state index contributed by atoms with van der Waals surface area (Å²) < 4.78 is 2.04. The molecule has 0 atom stereocenters. The van der Waals surface area contributed by atoms with Gasteiger partial charge < -0.3 is 15.2 Å². The highest BCUT2D eigenvalue weighted by atomic mass is 35.5. The maximum Gasteiger partial charge on any atom is 0.234 e. The molecule has 3 aromatic carbocycles. The minimum atomic E-state index is -0.0868. The first-order chi connectivity index (χ1) is 15.7. The van der Waals surface area contributed by atoms with Crippen molar-refractivity contribution in [2.45, 2.75) is 18.2 Å². The molecule has 0 saturated heterocycles. The van der Waals surface area contributed by atoms with Crippen LogP contribution in [0.15, 0.2) is 90.1 Å². The summed E-state index contributed by atoms with van der Waals surface area (Å²) in [7, 11) is 0. The minimum absolute atomic E-state index is 0.0868. The Kier molecular flexibility index (Phi) is 7.42. The second kappa shape index (κ2) is 10.8. The summed E-state index contributed by atoms with van der Waals surface area (Å²) in [5, 5.41) is 16.4. The summed E-state index contributed by atoms with van der Waals surface area (Å²) in [6.45, 7) is 1.12. The monoisotopic (exact) mass is 463 g/mol. The standard InChI is InChI=1S/C24H22ClN5OS/c25-19-11-13-20(14-12-19)26-15-22-28-29-24(30(22)16-18-7-3-1-4-8-18)32-17-23(31)27-21-9-5-2-6-10-21/h1-14,26H,15-17H2,(H,27,31). The van der Waals surface area contributed by atoms with Crippen LogP contribution in [0, 0.1) is 0 Å². The average Bonchev–Trinajstić information content (AvgIpc) is 3.20. The van der Waals surface area contributed by atoms with Gasteiger partial charge in [-0.05, 0) is 42.0 Å². The molecule has 32 heavy (non-hydrogen) atoms. The van der Waals surface area contributed by atoms with Crippen molar-refractivity contribution in [1.29, 1.82) is 0 Å². The molecule has 8 heteroatoms. The van der Waals surface area contributed by atoms with Crippen LogP contribution in [0.3, 0.4) is 0 Å². The summed E-state index contributed by atoms with van der Waals surface area (Å²) in [4.78, 5) is 12.4. The normalized spacial score (nSPS) is 10.7. The molecule has 0 radical (unpaired) electrons. The molecular weight excluding hydrogens is 442 g/mol. The van der Waals surface area contributed by atoms with E-state index < -0.39 is 0 Å². The van der Waals surface area contributed by atoms with Gasteiger partial charge >= 0.3 is 0 Å². The van der Waals surface area contributed by atoms with Crippen LogP contribution in [0.4, 0.5) is 11.4 Å². The lowest BCUT2D eigenvalue weighted by atomic mass is 10.2. The number of aromatic nitrogens is 3. The largest absolute Gasteiger partial charge is 0.378 e. The number of carbonyl (C=O) groups excluding carboxylic acids is 1. The van der Waals surface area contributed by atoms with E-state index in [0.29, 0.717) is 23.3 Å². The van der Waals surface area contributed by atoms with Crippen molar-refractivity contribution in [3.63, 3.8) is 0 Å². The number of nitrogens with zero attached hydrogens (tertiary/aromatic N) is 3. The van der Waals surface area contributed by atoms with Gasteiger partial charge in [-0.3, -0.25) is 4.79 Å². The quantitative estimate of drug-likeness (QED) is 0.328. The van der Waals surface area contributed by atoms with E-state index in [-0.39, 0.29) is 11.7 Å². The molecule has 4 rings (SSSR count). The number of carbonyl (C=O) groups is 1. The summed E-state index contributed by atoms with van der Waals surface area (Å²) in [5.74, 6) is 0.943. The highest BCUT2D eigenvalue weighted by molar-refractivity contribution is 7.99. The first-order valence-corrected chi connectivity index (χ1v) is 11.5. The molecular formula is C24H22ClN5OS. The van der Waals surface area contributed by atoms with E-state index in [4.69, 9.17) is 11.6 Å². The molecule has 0 aliphatic carbocycles. The summed E-state index contributed by atoms with van der Waals surface area (Å²) in [5.41, 5.74) is 2.85. The second-order valence-corrected chi connectivity index (χ2v) is 8.41. The molecule has 0 bridgehead atoms. The van der Waals surface area contributed by atoms with Crippen molar-refractivity contribution >= 4 is 40.6 Å². The molecule has 1 aromatic heterocycles. The Labute approximate surface area is 196 Å². The van der Waals surface area contributed by atoms with E-state index >= 15 is 0 Å². The average molecular weight is 464 g/mol. The zero-order chi connectivity index (χ0) is 22.2. The molecule has 1 heterocycles. The molecule has 2 N–H and O–H groups in total. The van der Waals surface area contributed by atoms with Crippen LogP contribution >= 0.6 is 23.4 Å². The maximum atomic E-state index is 12.4. The Morgan fingerprint density at radius 2 is 1.56 bits per heavy atom. The fourth-order valence-corrected chi connectivity index (χ4v) is 3.96. The summed E-state index contributed by atoms with van der Waals surface area (Å²) in [6, 6.07) is 27.1. The van der Waals surface area contributed by atoms with E-state index in [0.717, 1.165) is 22.8 Å². The first-order valence-electron chi connectivity index (χ1n) is 10.1. The van der Waals surface area contributed by atoms with Crippen LogP contribution in [0.25, 0.3) is 0 Å².